The van der Waals surface area contributed by atoms with Crippen molar-refractivity contribution in [1.82, 2.24) is 0 Å². The van der Waals surface area contributed by atoms with Crippen molar-refractivity contribution in [3.8, 4) is 11.5 Å². The molecule has 1 aromatic carbocycles. The maximum atomic E-state index is 9.31. The Labute approximate surface area is 106 Å². The quantitative estimate of drug-likeness (QED) is 0.789. The van der Waals surface area contributed by atoms with Gasteiger partial charge in [0.1, 0.15) is 11.5 Å². The maximum Gasteiger partial charge on any atom is 0.122 e. The summed E-state index contributed by atoms with van der Waals surface area (Å²) in [6.45, 7) is 0.930. The molecule has 0 spiro atoms. The Morgan fingerprint density at radius 3 is 2.17 bits per heavy atom. The number of nitrogens with two attached hydrogens (primary N) is 1. The first kappa shape index (κ1) is 13.1. The molecule has 0 saturated carbocycles. The second-order valence-corrected chi connectivity index (χ2v) is 4.54. The van der Waals surface area contributed by atoms with Crippen LogP contribution in [0.25, 0.3) is 0 Å². The van der Waals surface area contributed by atoms with Gasteiger partial charge in [0.25, 0.3) is 0 Å². The van der Waals surface area contributed by atoms with Crippen molar-refractivity contribution in [3.63, 3.8) is 0 Å². The number of rotatable bonds is 5. The van der Waals surface area contributed by atoms with Crippen molar-refractivity contribution in [1.29, 1.82) is 0 Å². The topological polar surface area (TPSA) is 73.9 Å². The van der Waals surface area contributed by atoms with Crippen LogP contribution in [0.3, 0.4) is 0 Å². The van der Waals surface area contributed by atoms with Crippen LogP contribution in [0, 0.1) is 0 Å². The van der Waals surface area contributed by atoms with Gasteiger partial charge in [-0.15, -0.1) is 0 Å². The Morgan fingerprint density at radius 1 is 1.28 bits per heavy atom. The zero-order chi connectivity index (χ0) is 13.2. The van der Waals surface area contributed by atoms with E-state index in [1.165, 1.54) is 0 Å². The van der Waals surface area contributed by atoms with Gasteiger partial charge in [-0.05, 0) is 17.7 Å². The van der Waals surface area contributed by atoms with Crippen LogP contribution in [-0.4, -0.2) is 45.2 Å². The first-order valence-electron chi connectivity index (χ1n) is 5.84. The molecule has 1 atom stereocenters. The SMILES string of the molecule is COc1cc(OC)cc(C2(C(N)CO)COC2)c1. The molecule has 18 heavy (non-hydrogen) atoms. The first-order valence-corrected chi connectivity index (χ1v) is 5.84. The lowest BCUT2D eigenvalue weighted by Gasteiger charge is -2.45. The zero-order valence-electron chi connectivity index (χ0n) is 10.7. The number of ether oxygens (including phenoxy) is 3. The van der Waals surface area contributed by atoms with Gasteiger partial charge in [0.2, 0.25) is 0 Å². The van der Waals surface area contributed by atoms with E-state index in [9.17, 15) is 5.11 Å². The smallest absolute Gasteiger partial charge is 0.122 e. The first-order chi connectivity index (χ1) is 8.66. The predicted molar refractivity (Wildman–Crippen MR) is 67.1 cm³/mol. The minimum atomic E-state index is -0.358. The molecule has 1 aliphatic rings. The van der Waals surface area contributed by atoms with Crippen molar-refractivity contribution in [3.05, 3.63) is 23.8 Å². The van der Waals surface area contributed by atoms with Gasteiger partial charge in [-0.25, -0.2) is 0 Å². The predicted octanol–water partition coefficient (Wildman–Crippen LogP) is 0.291. The number of aliphatic hydroxyl groups is 1. The van der Waals surface area contributed by atoms with Crippen LogP contribution in [0.1, 0.15) is 5.56 Å². The Kier molecular flexibility index (Phi) is 3.75. The Hall–Kier alpha value is -1.30. The Bertz CT molecular complexity index is 395. The van der Waals surface area contributed by atoms with E-state index in [1.807, 2.05) is 12.1 Å². The average Bonchev–Trinajstić information content (AvgIpc) is 2.36. The maximum absolute atomic E-state index is 9.31. The van der Waals surface area contributed by atoms with Gasteiger partial charge in [0.05, 0.1) is 39.5 Å². The molecule has 1 saturated heterocycles. The van der Waals surface area contributed by atoms with E-state index in [1.54, 1.807) is 20.3 Å². The van der Waals surface area contributed by atoms with Gasteiger partial charge in [0, 0.05) is 12.1 Å². The lowest BCUT2D eigenvalue weighted by Crippen LogP contribution is -2.60. The third-order valence-electron chi connectivity index (χ3n) is 3.55. The second kappa shape index (κ2) is 5.14. The van der Waals surface area contributed by atoms with E-state index in [0.29, 0.717) is 24.7 Å². The van der Waals surface area contributed by atoms with Crippen molar-refractivity contribution in [2.45, 2.75) is 11.5 Å². The molecule has 3 N–H and O–H groups in total. The summed E-state index contributed by atoms with van der Waals surface area (Å²) in [6, 6.07) is 5.28. The second-order valence-electron chi connectivity index (χ2n) is 4.54. The molecule has 1 fully saturated rings. The normalized spacial score (nSPS) is 18.9. The minimum Gasteiger partial charge on any atom is -0.497 e. The molecule has 1 unspecified atom stereocenters. The molecule has 100 valence electrons. The molecule has 0 aromatic heterocycles. The highest BCUT2D eigenvalue weighted by atomic mass is 16.5. The van der Waals surface area contributed by atoms with Gasteiger partial charge in [-0.3, -0.25) is 0 Å². The molecule has 1 aliphatic heterocycles. The molecule has 0 amide bonds. The highest BCUT2D eigenvalue weighted by molar-refractivity contribution is 5.44. The van der Waals surface area contributed by atoms with E-state index >= 15 is 0 Å². The van der Waals surface area contributed by atoms with Crippen LogP contribution >= 0.6 is 0 Å². The third kappa shape index (κ3) is 2.05. The average molecular weight is 253 g/mol. The molecule has 5 heteroatoms. The molecule has 5 nitrogen and oxygen atoms in total. The zero-order valence-corrected chi connectivity index (χ0v) is 10.7. The number of benzene rings is 1. The Balaban J connectivity index is 2.41. The van der Waals surface area contributed by atoms with E-state index in [2.05, 4.69) is 0 Å². The molecule has 0 radical (unpaired) electrons. The number of aliphatic hydroxyl groups excluding tert-OH is 1. The summed E-state index contributed by atoms with van der Waals surface area (Å²) >= 11 is 0. The van der Waals surface area contributed by atoms with Gasteiger partial charge in [-0.2, -0.15) is 0 Å². The Morgan fingerprint density at radius 2 is 1.83 bits per heavy atom. The summed E-state index contributed by atoms with van der Waals surface area (Å²) < 4.78 is 15.8. The van der Waals surface area contributed by atoms with E-state index in [-0.39, 0.29) is 18.1 Å². The van der Waals surface area contributed by atoms with Crippen LogP contribution < -0.4 is 15.2 Å². The monoisotopic (exact) mass is 253 g/mol. The molecule has 2 rings (SSSR count). The van der Waals surface area contributed by atoms with Crippen LogP contribution in [-0.2, 0) is 10.2 Å². The largest absolute Gasteiger partial charge is 0.497 e. The third-order valence-corrected chi connectivity index (χ3v) is 3.55. The summed E-state index contributed by atoms with van der Waals surface area (Å²) in [5, 5.41) is 9.31. The summed E-state index contributed by atoms with van der Waals surface area (Å²) in [7, 11) is 3.21. The van der Waals surface area contributed by atoms with Crippen molar-refractivity contribution < 1.29 is 19.3 Å². The van der Waals surface area contributed by atoms with Gasteiger partial charge >= 0.3 is 0 Å². The lowest BCUT2D eigenvalue weighted by molar-refractivity contribution is -0.0799. The fraction of sp³-hybridized carbons (Fsp3) is 0.538. The number of hydrogen-bond acceptors (Lipinski definition) is 5. The molecule has 0 bridgehead atoms. The lowest BCUT2D eigenvalue weighted by atomic mass is 9.73. The standard InChI is InChI=1S/C13H19NO4/c1-16-10-3-9(4-11(5-10)17-2)13(7-18-8-13)12(14)6-15/h3-5,12,15H,6-8,14H2,1-2H3. The summed E-state index contributed by atoms with van der Waals surface area (Å²) in [5.74, 6) is 1.42. The van der Waals surface area contributed by atoms with E-state index in [0.717, 1.165) is 5.56 Å². The van der Waals surface area contributed by atoms with Crippen LogP contribution in [0.5, 0.6) is 11.5 Å². The van der Waals surface area contributed by atoms with E-state index < -0.39 is 0 Å². The summed E-state index contributed by atoms with van der Waals surface area (Å²) in [6.07, 6.45) is 0. The summed E-state index contributed by atoms with van der Waals surface area (Å²) in [5.41, 5.74) is 6.64. The highest BCUT2D eigenvalue weighted by Gasteiger charge is 2.45. The summed E-state index contributed by atoms with van der Waals surface area (Å²) in [4.78, 5) is 0. The van der Waals surface area contributed by atoms with Crippen LogP contribution in [0.15, 0.2) is 18.2 Å². The number of methoxy groups -OCH3 is 2. The molecule has 1 heterocycles. The van der Waals surface area contributed by atoms with Crippen LogP contribution in [0.4, 0.5) is 0 Å². The highest BCUT2D eigenvalue weighted by Crippen LogP contribution is 2.38. The van der Waals surface area contributed by atoms with Crippen molar-refractivity contribution >= 4 is 0 Å². The fourth-order valence-electron chi connectivity index (χ4n) is 2.19. The van der Waals surface area contributed by atoms with Crippen molar-refractivity contribution in [2.75, 3.05) is 34.0 Å². The molecule has 1 aromatic rings. The molecule has 0 aliphatic carbocycles. The minimum absolute atomic E-state index is 0.0805. The van der Waals surface area contributed by atoms with Crippen LogP contribution in [0.2, 0.25) is 0 Å². The van der Waals surface area contributed by atoms with Gasteiger partial charge < -0.3 is 25.1 Å². The fourth-order valence-corrected chi connectivity index (χ4v) is 2.19. The molecular weight excluding hydrogens is 234 g/mol. The molecular formula is C13H19NO4. The number of hydrogen-bond donors (Lipinski definition) is 2. The van der Waals surface area contributed by atoms with Gasteiger partial charge in [-0.1, -0.05) is 0 Å². The van der Waals surface area contributed by atoms with Gasteiger partial charge in [0.15, 0.2) is 0 Å². The van der Waals surface area contributed by atoms with Crippen molar-refractivity contribution in [2.24, 2.45) is 5.73 Å². The van der Waals surface area contributed by atoms with E-state index in [4.69, 9.17) is 19.9 Å².